The third-order valence-electron chi connectivity index (χ3n) is 4.07. The molecule has 0 saturated carbocycles. The Kier molecular flexibility index (Phi) is 3.33. The van der Waals surface area contributed by atoms with Gasteiger partial charge in [-0.15, -0.1) is 0 Å². The van der Waals surface area contributed by atoms with Crippen LogP contribution in [0.15, 0.2) is 24.3 Å². The van der Waals surface area contributed by atoms with Crippen molar-refractivity contribution >= 4 is 21.8 Å². The third-order valence-corrected chi connectivity index (χ3v) is 5.92. The Morgan fingerprint density at radius 2 is 1.71 bits per heavy atom. The average molecular weight is 308 g/mol. The minimum absolute atomic E-state index is 0.0296. The molecule has 1 fully saturated rings. The van der Waals surface area contributed by atoms with Crippen molar-refractivity contribution in [2.75, 3.05) is 18.8 Å². The van der Waals surface area contributed by atoms with E-state index in [9.17, 15) is 18.0 Å². The van der Waals surface area contributed by atoms with E-state index in [0.717, 1.165) is 0 Å². The molecule has 1 atom stereocenters. The van der Waals surface area contributed by atoms with Crippen LogP contribution < -0.4 is 0 Å². The first kappa shape index (κ1) is 14.2. The predicted molar refractivity (Wildman–Crippen MR) is 76.4 cm³/mol. The van der Waals surface area contributed by atoms with E-state index in [1.54, 1.807) is 31.2 Å². The smallest absolute Gasteiger partial charge is 0.261 e. The summed E-state index contributed by atoms with van der Waals surface area (Å²) in [4.78, 5) is 25.9. The van der Waals surface area contributed by atoms with Gasteiger partial charge in [-0.3, -0.25) is 14.5 Å². The van der Waals surface area contributed by atoms with Gasteiger partial charge in [0.1, 0.15) is 0 Å². The highest BCUT2D eigenvalue weighted by Crippen LogP contribution is 2.28. The topological polar surface area (TPSA) is 74.8 Å². The Hall–Kier alpha value is -1.73. The highest BCUT2D eigenvalue weighted by Gasteiger charge is 2.43. The van der Waals surface area contributed by atoms with E-state index in [1.165, 1.54) is 9.21 Å². The summed E-state index contributed by atoms with van der Waals surface area (Å²) in [6.45, 7) is 2.14. The SMILES string of the molecule is CCS(=O)(=O)N1CCC(N2C(=O)c3ccccc3C2=O)C1. The second-order valence-electron chi connectivity index (χ2n) is 5.23. The fourth-order valence-electron chi connectivity index (χ4n) is 2.90. The van der Waals surface area contributed by atoms with Gasteiger partial charge in [-0.2, -0.15) is 4.31 Å². The van der Waals surface area contributed by atoms with Gasteiger partial charge in [0.15, 0.2) is 0 Å². The molecule has 112 valence electrons. The van der Waals surface area contributed by atoms with Crippen molar-refractivity contribution in [1.82, 2.24) is 9.21 Å². The number of sulfonamides is 1. The molecule has 1 unspecified atom stereocenters. The summed E-state index contributed by atoms with van der Waals surface area (Å²) in [5, 5.41) is 0. The van der Waals surface area contributed by atoms with Gasteiger partial charge in [0, 0.05) is 13.1 Å². The summed E-state index contributed by atoms with van der Waals surface area (Å²) in [6, 6.07) is 6.32. The van der Waals surface area contributed by atoms with Gasteiger partial charge >= 0.3 is 0 Å². The Balaban J connectivity index is 1.85. The van der Waals surface area contributed by atoms with E-state index >= 15 is 0 Å². The first-order chi connectivity index (χ1) is 9.95. The number of benzene rings is 1. The van der Waals surface area contributed by atoms with Gasteiger partial charge in [0.2, 0.25) is 10.0 Å². The molecule has 0 bridgehead atoms. The molecule has 1 aromatic rings. The summed E-state index contributed by atoms with van der Waals surface area (Å²) >= 11 is 0. The normalized spacial score (nSPS) is 22.9. The van der Waals surface area contributed by atoms with Crippen molar-refractivity contribution < 1.29 is 18.0 Å². The summed E-state index contributed by atoms with van der Waals surface area (Å²) in [5.74, 6) is -0.616. The Morgan fingerprint density at radius 1 is 1.14 bits per heavy atom. The van der Waals surface area contributed by atoms with Gasteiger partial charge in [-0.25, -0.2) is 8.42 Å². The maximum absolute atomic E-state index is 12.4. The van der Waals surface area contributed by atoms with E-state index in [1.807, 2.05) is 0 Å². The first-order valence-electron chi connectivity index (χ1n) is 6.90. The number of imide groups is 1. The third kappa shape index (κ3) is 2.16. The maximum atomic E-state index is 12.4. The lowest BCUT2D eigenvalue weighted by Gasteiger charge is -2.22. The van der Waals surface area contributed by atoms with Crippen molar-refractivity contribution in [3.05, 3.63) is 35.4 Å². The van der Waals surface area contributed by atoms with Crippen LogP contribution in [0, 0.1) is 0 Å². The fourth-order valence-corrected chi connectivity index (χ4v) is 4.04. The quantitative estimate of drug-likeness (QED) is 0.771. The molecule has 1 saturated heterocycles. The molecular formula is C14H16N2O4S. The van der Waals surface area contributed by atoms with Crippen LogP contribution >= 0.6 is 0 Å². The molecule has 21 heavy (non-hydrogen) atoms. The fraction of sp³-hybridized carbons (Fsp3) is 0.429. The van der Waals surface area contributed by atoms with Gasteiger partial charge in [-0.1, -0.05) is 12.1 Å². The lowest BCUT2D eigenvalue weighted by molar-refractivity contribution is 0.0593. The van der Waals surface area contributed by atoms with Crippen molar-refractivity contribution in [2.45, 2.75) is 19.4 Å². The largest absolute Gasteiger partial charge is 0.270 e. The number of hydrogen-bond acceptors (Lipinski definition) is 4. The van der Waals surface area contributed by atoms with E-state index in [2.05, 4.69) is 0 Å². The zero-order valence-corrected chi connectivity index (χ0v) is 12.5. The van der Waals surface area contributed by atoms with Gasteiger partial charge < -0.3 is 0 Å². The number of amides is 2. The standard InChI is InChI=1S/C14H16N2O4S/c1-2-21(19,20)15-8-7-10(9-15)16-13(17)11-5-3-4-6-12(11)14(16)18/h3-6,10H,2,7-9H2,1H3. The molecular weight excluding hydrogens is 292 g/mol. The molecule has 2 amide bonds. The van der Waals surface area contributed by atoms with Crippen LogP contribution in [0.3, 0.4) is 0 Å². The molecule has 0 aliphatic carbocycles. The lowest BCUT2D eigenvalue weighted by atomic mass is 10.1. The van der Waals surface area contributed by atoms with Crippen LogP contribution in [0.1, 0.15) is 34.1 Å². The summed E-state index contributed by atoms with van der Waals surface area (Å²) < 4.78 is 25.1. The monoisotopic (exact) mass is 308 g/mol. The Morgan fingerprint density at radius 3 is 2.24 bits per heavy atom. The van der Waals surface area contributed by atoms with Crippen molar-refractivity contribution in [3.63, 3.8) is 0 Å². The minimum atomic E-state index is -3.28. The van der Waals surface area contributed by atoms with Crippen molar-refractivity contribution in [3.8, 4) is 0 Å². The van der Waals surface area contributed by atoms with Crippen LogP contribution in [0.25, 0.3) is 0 Å². The predicted octanol–water partition coefficient (Wildman–Crippen LogP) is 0.707. The van der Waals surface area contributed by atoms with Crippen molar-refractivity contribution in [2.24, 2.45) is 0 Å². The van der Waals surface area contributed by atoms with E-state index in [-0.39, 0.29) is 30.2 Å². The van der Waals surface area contributed by atoms with Crippen LogP contribution in [0.4, 0.5) is 0 Å². The number of carbonyl (C=O) groups is 2. The molecule has 7 heteroatoms. The van der Waals surface area contributed by atoms with Gasteiger partial charge in [0.05, 0.1) is 22.9 Å². The zero-order chi connectivity index (χ0) is 15.2. The molecule has 0 N–H and O–H groups in total. The van der Waals surface area contributed by atoms with Crippen LogP contribution in [-0.2, 0) is 10.0 Å². The van der Waals surface area contributed by atoms with Crippen LogP contribution in [-0.4, -0.2) is 54.3 Å². The van der Waals surface area contributed by atoms with Gasteiger partial charge in [-0.05, 0) is 25.5 Å². The molecule has 0 spiro atoms. The molecule has 2 heterocycles. The summed E-state index contributed by atoms with van der Waals surface area (Å²) in [5.41, 5.74) is 0.804. The number of carbonyl (C=O) groups excluding carboxylic acids is 2. The second-order valence-corrected chi connectivity index (χ2v) is 7.48. The number of fused-ring (bicyclic) bond motifs is 1. The second kappa shape index (κ2) is 4.92. The van der Waals surface area contributed by atoms with Crippen LogP contribution in [0.2, 0.25) is 0 Å². The summed E-state index contributed by atoms with van der Waals surface area (Å²) in [6.07, 6.45) is 0.491. The number of nitrogens with zero attached hydrogens (tertiary/aromatic N) is 2. The van der Waals surface area contributed by atoms with E-state index in [0.29, 0.717) is 24.1 Å². The first-order valence-corrected chi connectivity index (χ1v) is 8.51. The summed E-state index contributed by atoms with van der Waals surface area (Å²) in [7, 11) is -3.28. The Bertz CT molecular complexity index is 678. The molecule has 6 nitrogen and oxygen atoms in total. The minimum Gasteiger partial charge on any atom is -0.270 e. The highest BCUT2D eigenvalue weighted by atomic mass is 32.2. The molecule has 1 aromatic carbocycles. The Labute approximate surface area is 123 Å². The van der Waals surface area contributed by atoms with Crippen LogP contribution in [0.5, 0.6) is 0 Å². The van der Waals surface area contributed by atoms with Crippen molar-refractivity contribution in [1.29, 1.82) is 0 Å². The molecule has 0 aromatic heterocycles. The highest BCUT2D eigenvalue weighted by molar-refractivity contribution is 7.89. The molecule has 0 radical (unpaired) electrons. The lowest BCUT2D eigenvalue weighted by Crippen LogP contribution is -2.42. The molecule has 3 rings (SSSR count). The molecule has 2 aliphatic heterocycles. The van der Waals surface area contributed by atoms with E-state index < -0.39 is 10.0 Å². The number of rotatable bonds is 3. The van der Waals surface area contributed by atoms with E-state index in [4.69, 9.17) is 0 Å². The zero-order valence-electron chi connectivity index (χ0n) is 11.7. The maximum Gasteiger partial charge on any atom is 0.261 e. The van der Waals surface area contributed by atoms with Gasteiger partial charge in [0.25, 0.3) is 11.8 Å². The molecule has 2 aliphatic rings. The average Bonchev–Trinajstić information content (AvgIpc) is 3.05. The number of hydrogen-bond donors (Lipinski definition) is 0.